The Morgan fingerprint density at radius 3 is 2.22 bits per heavy atom. The molecular formula is C26H27N3O7S. The average molecular weight is 526 g/mol. The minimum atomic E-state index is -4.27. The fraction of sp³-hybridized carbons (Fsp3) is 0.269. The highest BCUT2D eigenvalue weighted by atomic mass is 32.2. The molecule has 37 heavy (non-hydrogen) atoms. The van der Waals surface area contributed by atoms with Gasteiger partial charge in [0, 0.05) is 26.2 Å². The average Bonchev–Trinajstić information content (AvgIpc) is 3.46. The summed E-state index contributed by atoms with van der Waals surface area (Å²) in [7, 11) is -4.27. The Balaban J connectivity index is 1.43. The van der Waals surface area contributed by atoms with Gasteiger partial charge in [0.25, 0.3) is 17.7 Å². The molecule has 1 aromatic heterocycles. The first-order valence-corrected chi connectivity index (χ1v) is 13.2. The van der Waals surface area contributed by atoms with Crippen LogP contribution in [0.3, 0.4) is 0 Å². The van der Waals surface area contributed by atoms with Crippen molar-refractivity contribution in [2.24, 2.45) is 0 Å². The molecule has 3 amide bonds. The van der Waals surface area contributed by atoms with Gasteiger partial charge in [-0.1, -0.05) is 36.4 Å². The Hall–Kier alpha value is -4.12. The number of aryl methyl sites for hydroxylation is 1. The number of hydrogen-bond donors (Lipinski definition) is 1. The molecule has 4 rings (SSSR count). The van der Waals surface area contributed by atoms with Crippen LogP contribution in [0.2, 0.25) is 0 Å². The zero-order valence-electron chi connectivity index (χ0n) is 20.2. The Labute approximate surface area is 214 Å². The number of hydrogen-bond acceptors (Lipinski definition) is 7. The molecule has 194 valence electrons. The predicted molar refractivity (Wildman–Crippen MR) is 133 cm³/mol. The van der Waals surface area contributed by atoms with Crippen LogP contribution in [0, 0.1) is 6.92 Å². The monoisotopic (exact) mass is 525 g/mol. The lowest BCUT2D eigenvalue weighted by molar-refractivity contribution is -0.140. The number of sulfone groups is 1. The quantitative estimate of drug-likeness (QED) is 0.476. The summed E-state index contributed by atoms with van der Waals surface area (Å²) in [5.41, 5.74) is 0.910. The van der Waals surface area contributed by atoms with Crippen LogP contribution in [0.25, 0.3) is 0 Å². The Morgan fingerprint density at radius 2 is 1.57 bits per heavy atom. The minimum absolute atomic E-state index is 0.102. The second-order valence-electron chi connectivity index (χ2n) is 8.45. The second kappa shape index (κ2) is 11.3. The van der Waals surface area contributed by atoms with E-state index in [2.05, 4.69) is 5.32 Å². The molecule has 0 aliphatic carbocycles. The van der Waals surface area contributed by atoms with Gasteiger partial charge in [0.05, 0.1) is 11.2 Å². The summed E-state index contributed by atoms with van der Waals surface area (Å²) in [5, 5.41) is 0.459. The number of ether oxygens (including phenoxy) is 1. The van der Waals surface area contributed by atoms with Crippen LogP contribution in [-0.2, 0) is 19.4 Å². The van der Waals surface area contributed by atoms with Crippen LogP contribution in [-0.4, -0.2) is 74.1 Å². The van der Waals surface area contributed by atoms with Crippen molar-refractivity contribution in [3.63, 3.8) is 0 Å². The maximum Gasteiger partial charge on any atom is 0.288 e. The lowest BCUT2D eigenvalue weighted by Gasteiger charge is -2.36. The molecule has 2 heterocycles. The largest absolute Gasteiger partial charge is 0.484 e. The molecule has 0 bridgehead atoms. The van der Waals surface area contributed by atoms with Crippen LogP contribution in [0.4, 0.5) is 0 Å². The fourth-order valence-corrected chi connectivity index (χ4v) is 5.39. The number of piperazine rings is 1. The zero-order chi connectivity index (χ0) is 26.4. The normalized spacial score (nSPS) is 14.6. The van der Waals surface area contributed by atoms with Gasteiger partial charge in [-0.2, -0.15) is 0 Å². The fourth-order valence-electron chi connectivity index (χ4n) is 3.91. The SMILES string of the molecule is Cc1ccccc1OCC(=O)N1CCN(C(=O)[C@H](NC(=O)c2ccco2)S(=O)(=O)c2ccccc2)CC1. The van der Waals surface area contributed by atoms with E-state index in [1.807, 2.05) is 25.1 Å². The van der Waals surface area contributed by atoms with E-state index in [-0.39, 0.29) is 49.3 Å². The van der Waals surface area contributed by atoms with Gasteiger partial charge in [-0.05, 0) is 42.8 Å². The minimum Gasteiger partial charge on any atom is -0.484 e. The van der Waals surface area contributed by atoms with Crippen LogP contribution in [0.5, 0.6) is 5.75 Å². The van der Waals surface area contributed by atoms with Crippen molar-refractivity contribution in [1.29, 1.82) is 0 Å². The van der Waals surface area contributed by atoms with E-state index >= 15 is 0 Å². The number of nitrogens with one attached hydrogen (secondary N) is 1. The van der Waals surface area contributed by atoms with Gasteiger partial charge in [0.2, 0.25) is 15.2 Å². The molecule has 1 saturated heterocycles. The number of carbonyl (C=O) groups excluding carboxylic acids is 3. The molecule has 10 nitrogen and oxygen atoms in total. The summed E-state index contributed by atoms with van der Waals surface area (Å²) >= 11 is 0. The highest BCUT2D eigenvalue weighted by molar-refractivity contribution is 7.92. The Morgan fingerprint density at radius 1 is 0.919 bits per heavy atom. The van der Waals surface area contributed by atoms with Gasteiger partial charge in [-0.25, -0.2) is 8.42 Å². The highest BCUT2D eigenvalue weighted by Crippen LogP contribution is 2.19. The molecular weight excluding hydrogens is 498 g/mol. The zero-order valence-corrected chi connectivity index (χ0v) is 21.0. The summed E-state index contributed by atoms with van der Waals surface area (Å²) in [6.07, 6.45) is 1.27. The van der Waals surface area contributed by atoms with Crippen LogP contribution in [0.1, 0.15) is 16.1 Å². The molecule has 0 spiro atoms. The summed E-state index contributed by atoms with van der Waals surface area (Å²) in [6.45, 7) is 2.34. The topological polar surface area (TPSA) is 126 Å². The third-order valence-corrected chi connectivity index (χ3v) is 7.87. The van der Waals surface area contributed by atoms with Crippen molar-refractivity contribution in [3.8, 4) is 5.75 Å². The first-order chi connectivity index (χ1) is 17.8. The molecule has 3 aromatic rings. The summed E-state index contributed by atoms with van der Waals surface area (Å²) in [5.74, 6) is -1.36. The number of rotatable bonds is 8. The van der Waals surface area contributed by atoms with Crippen molar-refractivity contribution in [2.45, 2.75) is 17.2 Å². The van der Waals surface area contributed by atoms with Crippen molar-refractivity contribution in [3.05, 3.63) is 84.3 Å². The van der Waals surface area contributed by atoms with Gasteiger partial charge in [-0.3, -0.25) is 14.4 Å². The summed E-state index contributed by atoms with van der Waals surface area (Å²) < 4.78 is 37.4. The number of benzene rings is 2. The molecule has 0 unspecified atom stereocenters. The number of amides is 3. The summed E-state index contributed by atoms with van der Waals surface area (Å²) in [4.78, 5) is 41.5. The van der Waals surface area contributed by atoms with Crippen molar-refractivity contribution in [1.82, 2.24) is 15.1 Å². The van der Waals surface area contributed by atoms with Gasteiger partial charge in [0.15, 0.2) is 12.4 Å². The van der Waals surface area contributed by atoms with Crippen LogP contribution in [0.15, 0.2) is 82.3 Å². The van der Waals surface area contributed by atoms with E-state index < -0.39 is 27.0 Å². The van der Waals surface area contributed by atoms with Gasteiger partial charge in [-0.15, -0.1) is 0 Å². The standard InChI is InChI=1S/C26H27N3O7S/c1-19-8-5-6-11-21(19)36-18-23(30)28-13-15-29(16-14-28)26(32)25(27-24(31)22-12-7-17-35-22)37(33,34)20-9-3-2-4-10-20/h2-12,17,25H,13-16,18H2,1H3,(H,27,31)/t25-/m1/s1. The number of para-hydroxylation sites is 1. The third kappa shape index (κ3) is 6.00. The predicted octanol–water partition coefficient (Wildman–Crippen LogP) is 1.87. The molecule has 1 aliphatic rings. The molecule has 0 radical (unpaired) electrons. The number of nitrogens with zero attached hydrogens (tertiary/aromatic N) is 2. The maximum absolute atomic E-state index is 13.4. The Kier molecular flexibility index (Phi) is 7.92. The van der Waals surface area contributed by atoms with Gasteiger partial charge < -0.3 is 24.3 Å². The third-order valence-electron chi connectivity index (χ3n) is 6.00. The summed E-state index contributed by atoms with van der Waals surface area (Å²) in [6, 6.07) is 17.7. The maximum atomic E-state index is 13.4. The lowest BCUT2D eigenvalue weighted by Crippen LogP contribution is -2.58. The number of carbonyl (C=O) groups is 3. The van der Waals surface area contributed by atoms with E-state index in [9.17, 15) is 22.8 Å². The molecule has 1 fully saturated rings. The first-order valence-electron chi connectivity index (χ1n) is 11.7. The van der Waals surface area contributed by atoms with E-state index in [4.69, 9.17) is 9.15 Å². The van der Waals surface area contributed by atoms with E-state index in [0.717, 1.165) is 5.56 Å². The first kappa shape index (κ1) is 26.0. The molecule has 2 aromatic carbocycles. The lowest BCUT2D eigenvalue weighted by atomic mass is 10.2. The van der Waals surface area contributed by atoms with E-state index in [1.165, 1.54) is 47.6 Å². The molecule has 11 heteroatoms. The molecule has 0 saturated carbocycles. The Bertz CT molecular complexity index is 1350. The van der Waals surface area contributed by atoms with Crippen molar-refractivity contribution < 1.29 is 32.0 Å². The van der Waals surface area contributed by atoms with Gasteiger partial charge in [0.1, 0.15) is 5.75 Å². The molecule has 1 aliphatic heterocycles. The van der Waals surface area contributed by atoms with Crippen LogP contribution >= 0.6 is 0 Å². The van der Waals surface area contributed by atoms with Crippen molar-refractivity contribution >= 4 is 27.6 Å². The highest BCUT2D eigenvalue weighted by Gasteiger charge is 2.40. The van der Waals surface area contributed by atoms with E-state index in [0.29, 0.717) is 5.75 Å². The van der Waals surface area contributed by atoms with Crippen LogP contribution < -0.4 is 10.1 Å². The molecule has 1 atom stereocenters. The molecule has 1 N–H and O–H groups in total. The second-order valence-corrected chi connectivity index (χ2v) is 10.5. The van der Waals surface area contributed by atoms with E-state index in [1.54, 1.807) is 17.0 Å². The number of furan rings is 1. The van der Waals surface area contributed by atoms with Gasteiger partial charge >= 0.3 is 0 Å². The van der Waals surface area contributed by atoms with Crippen molar-refractivity contribution in [2.75, 3.05) is 32.8 Å². The smallest absolute Gasteiger partial charge is 0.288 e.